The van der Waals surface area contributed by atoms with E-state index in [1.807, 2.05) is 25.1 Å². The van der Waals surface area contributed by atoms with E-state index in [9.17, 15) is 14.3 Å². The lowest BCUT2D eigenvalue weighted by Gasteiger charge is -2.31. The van der Waals surface area contributed by atoms with Crippen molar-refractivity contribution in [1.29, 1.82) is 0 Å². The third-order valence-electron chi connectivity index (χ3n) is 8.35. The maximum atomic E-state index is 14.3. The molecule has 0 amide bonds. The zero-order valence-corrected chi connectivity index (χ0v) is 23.2. The molecule has 2 aliphatic heterocycles. The fourth-order valence-electron chi connectivity index (χ4n) is 6.36. The summed E-state index contributed by atoms with van der Waals surface area (Å²) in [4.78, 5) is 24.2. The number of phenols is 1. The Balaban J connectivity index is 0.00000302. The van der Waals surface area contributed by atoms with Crippen molar-refractivity contribution in [3.8, 4) is 17.0 Å². The normalized spacial score (nSPS) is 19.3. The van der Waals surface area contributed by atoms with Crippen LogP contribution in [0.3, 0.4) is 0 Å². The first kappa shape index (κ1) is 26.9. The average molecular weight is 575 g/mol. The van der Waals surface area contributed by atoms with E-state index in [4.69, 9.17) is 15.2 Å². The molecule has 41 heavy (non-hydrogen) atoms. The van der Waals surface area contributed by atoms with Crippen molar-refractivity contribution in [3.05, 3.63) is 82.4 Å². The fourth-order valence-corrected chi connectivity index (χ4v) is 6.36. The summed E-state index contributed by atoms with van der Waals surface area (Å²) in [7, 11) is 2.16. The lowest BCUT2D eigenvalue weighted by molar-refractivity contribution is 0.264. The summed E-state index contributed by atoms with van der Waals surface area (Å²) in [5.41, 5.74) is 8.92. The molecule has 0 saturated carbocycles. The molecule has 3 aromatic heterocycles. The first-order valence-corrected chi connectivity index (χ1v) is 13.3. The van der Waals surface area contributed by atoms with E-state index in [0.29, 0.717) is 45.5 Å². The molecular formula is C30H28ClFN6O3. The monoisotopic (exact) mass is 574 g/mol. The molecule has 2 aromatic carbocycles. The van der Waals surface area contributed by atoms with Crippen LogP contribution in [0, 0.1) is 5.82 Å². The van der Waals surface area contributed by atoms with Crippen LogP contribution in [-0.2, 0) is 0 Å². The first-order chi connectivity index (χ1) is 19.3. The quantitative estimate of drug-likeness (QED) is 0.296. The highest BCUT2D eigenvalue weighted by Crippen LogP contribution is 2.43. The van der Waals surface area contributed by atoms with E-state index in [0.717, 1.165) is 41.9 Å². The predicted molar refractivity (Wildman–Crippen MR) is 158 cm³/mol. The van der Waals surface area contributed by atoms with Crippen LogP contribution >= 0.6 is 12.4 Å². The zero-order chi connectivity index (χ0) is 27.7. The second kappa shape index (κ2) is 9.97. The van der Waals surface area contributed by atoms with Gasteiger partial charge in [-0.25, -0.2) is 23.8 Å². The van der Waals surface area contributed by atoms with Crippen LogP contribution < -0.4 is 11.4 Å². The largest absolute Gasteiger partial charge is 0.508 e. The lowest BCUT2D eigenvalue weighted by Crippen LogP contribution is -2.34. The second-order valence-electron chi connectivity index (χ2n) is 10.7. The van der Waals surface area contributed by atoms with E-state index in [1.54, 1.807) is 10.7 Å². The number of nitrogen functional groups attached to an aromatic ring is 1. The Bertz CT molecular complexity index is 1900. The van der Waals surface area contributed by atoms with Gasteiger partial charge in [0.05, 0.1) is 10.8 Å². The van der Waals surface area contributed by atoms with Crippen molar-refractivity contribution in [2.45, 2.75) is 44.3 Å². The fraction of sp³-hybridized carbons (Fsp3) is 0.267. The van der Waals surface area contributed by atoms with E-state index in [-0.39, 0.29) is 24.0 Å². The third-order valence-corrected chi connectivity index (χ3v) is 8.35. The summed E-state index contributed by atoms with van der Waals surface area (Å²) in [5.74, 6) is -0.230. The minimum atomic E-state index is -0.618. The molecule has 3 atom stereocenters. The molecule has 0 radical (unpaired) electrons. The van der Waals surface area contributed by atoms with Crippen molar-refractivity contribution in [2.75, 3.05) is 12.8 Å². The van der Waals surface area contributed by atoms with Gasteiger partial charge in [-0.05, 0) is 62.4 Å². The van der Waals surface area contributed by atoms with Crippen molar-refractivity contribution in [1.82, 2.24) is 24.6 Å². The van der Waals surface area contributed by atoms with Crippen molar-refractivity contribution in [2.24, 2.45) is 0 Å². The SMILES string of the molecule is CC(c1oc(=O)c2ccccc2c1C1=CC2CCC(C1)N2C)n1nc(-c2cc(O)cc(F)c2)c2c(N)ncnc21.Cl. The second-order valence-corrected chi connectivity index (χ2v) is 10.7. The van der Waals surface area contributed by atoms with Gasteiger partial charge in [0.2, 0.25) is 0 Å². The lowest BCUT2D eigenvalue weighted by atomic mass is 9.89. The molecule has 7 rings (SSSR count). The Morgan fingerprint density at radius 3 is 2.68 bits per heavy atom. The molecule has 2 bridgehead atoms. The van der Waals surface area contributed by atoms with Gasteiger partial charge in [0.15, 0.2) is 5.65 Å². The summed E-state index contributed by atoms with van der Waals surface area (Å²) < 4.78 is 22.0. The zero-order valence-electron chi connectivity index (χ0n) is 22.4. The smallest absolute Gasteiger partial charge is 0.343 e. The van der Waals surface area contributed by atoms with Gasteiger partial charge >= 0.3 is 5.63 Å². The minimum Gasteiger partial charge on any atom is -0.508 e. The molecular weight excluding hydrogens is 547 g/mol. The predicted octanol–water partition coefficient (Wildman–Crippen LogP) is 5.31. The Hall–Kier alpha value is -4.28. The van der Waals surface area contributed by atoms with Gasteiger partial charge in [-0.3, -0.25) is 4.90 Å². The number of aromatic nitrogens is 4. The highest BCUT2D eigenvalue weighted by Gasteiger charge is 2.36. The summed E-state index contributed by atoms with van der Waals surface area (Å²) in [6, 6.07) is 11.4. The third kappa shape index (κ3) is 4.25. The van der Waals surface area contributed by atoms with Crippen LogP contribution in [0.2, 0.25) is 0 Å². The van der Waals surface area contributed by atoms with Crippen LogP contribution in [0.5, 0.6) is 5.75 Å². The van der Waals surface area contributed by atoms with Gasteiger partial charge in [-0.2, -0.15) is 5.10 Å². The van der Waals surface area contributed by atoms with Crippen LogP contribution in [0.15, 0.2) is 64.1 Å². The van der Waals surface area contributed by atoms with Crippen LogP contribution in [0.25, 0.3) is 38.6 Å². The van der Waals surface area contributed by atoms with Crippen LogP contribution in [-0.4, -0.2) is 48.9 Å². The Morgan fingerprint density at radius 2 is 1.93 bits per heavy atom. The number of fused-ring (bicyclic) bond motifs is 4. The molecule has 0 spiro atoms. The topological polar surface area (TPSA) is 123 Å². The molecule has 1 fully saturated rings. The molecule has 0 aliphatic carbocycles. The number of hydrogen-bond donors (Lipinski definition) is 2. The van der Waals surface area contributed by atoms with Crippen molar-refractivity contribution >= 4 is 45.6 Å². The van der Waals surface area contributed by atoms with Gasteiger partial charge in [0.25, 0.3) is 0 Å². The number of phenolic OH excluding ortho intramolecular Hbond substituents is 1. The number of nitrogens with two attached hydrogens (primary N) is 1. The first-order valence-electron chi connectivity index (χ1n) is 13.3. The molecule has 3 unspecified atom stereocenters. The van der Waals surface area contributed by atoms with E-state index in [1.165, 1.54) is 18.5 Å². The number of hydrogen-bond acceptors (Lipinski definition) is 8. The molecule has 9 nitrogen and oxygen atoms in total. The summed E-state index contributed by atoms with van der Waals surface area (Å²) >= 11 is 0. The van der Waals surface area contributed by atoms with E-state index >= 15 is 0 Å². The number of benzene rings is 2. The van der Waals surface area contributed by atoms with Gasteiger partial charge in [-0.1, -0.05) is 24.3 Å². The van der Waals surface area contributed by atoms with Crippen LogP contribution in [0.4, 0.5) is 10.2 Å². The Kier molecular flexibility index (Phi) is 6.55. The van der Waals surface area contributed by atoms with Gasteiger partial charge < -0.3 is 15.3 Å². The average Bonchev–Trinajstić information content (AvgIpc) is 3.40. The molecule has 11 heteroatoms. The number of anilines is 1. The number of aromatic hydroxyl groups is 1. The van der Waals surface area contributed by atoms with Gasteiger partial charge in [-0.15, -0.1) is 12.4 Å². The van der Waals surface area contributed by atoms with Gasteiger partial charge in [0, 0.05) is 29.3 Å². The Labute approximate surface area is 240 Å². The van der Waals surface area contributed by atoms with Crippen molar-refractivity contribution in [3.63, 3.8) is 0 Å². The summed E-state index contributed by atoms with van der Waals surface area (Å²) in [6.45, 7) is 1.89. The molecule has 3 N–H and O–H groups in total. The van der Waals surface area contributed by atoms with E-state index in [2.05, 4.69) is 28.0 Å². The molecule has 1 saturated heterocycles. The van der Waals surface area contributed by atoms with Crippen molar-refractivity contribution < 1.29 is 13.9 Å². The number of likely N-dealkylation sites (N-methyl/N-ethyl adjacent to an activating group) is 1. The highest BCUT2D eigenvalue weighted by molar-refractivity contribution is 5.99. The minimum absolute atomic E-state index is 0. The molecule has 5 aromatic rings. The van der Waals surface area contributed by atoms with E-state index < -0.39 is 17.5 Å². The molecule has 210 valence electrons. The van der Waals surface area contributed by atoms with Crippen LogP contribution in [0.1, 0.15) is 43.6 Å². The van der Waals surface area contributed by atoms with Gasteiger partial charge in [0.1, 0.15) is 41.2 Å². The number of nitrogens with zero attached hydrogens (tertiary/aromatic N) is 5. The Morgan fingerprint density at radius 1 is 1.15 bits per heavy atom. The number of rotatable bonds is 4. The molecule has 5 heterocycles. The maximum Gasteiger partial charge on any atom is 0.343 e. The standard InChI is InChI=1S/C30H27FN6O3.ClH/c1-15(37-29-25(28(32)33-14-34-29)26(35-37)17-9-18(31)13-21(38)12-17)27-24(16-10-19-7-8-20(11-16)36(19)2)22-5-3-4-6-23(22)30(39)40-27;/h3-6,9-10,12-15,19-20,38H,7-8,11H2,1-2H3,(H2,32,33,34);1H. The maximum absolute atomic E-state index is 14.3. The number of halogens is 2. The molecule has 2 aliphatic rings. The summed E-state index contributed by atoms with van der Waals surface area (Å²) in [6.07, 6.45) is 6.68. The highest BCUT2D eigenvalue weighted by atomic mass is 35.5. The summed E-state index contributed by atoms with van der Waals surface area (Å²) in [5, 5.41) is 16.6.